The number of rotatable bonds is 6. The van der Waals surface area contributed by atoms with Gasteiger partial charge in [0.25, 0.3) is 0 Å². The maximum absolute atomic E-state index is 12.5. The van der Waals surface area contributed by atoms with Gasteiger partial charge in [-0.05, 0) is 31.6 Å². The molecule has 1 aromatic heterocycles. The lowest BCUT2D eigenvalue weighted by Crippen LogP contribution is -2.47. The monoisotopic (exact) mass is 376 g/mol. The molecule has 0 unspecified atom stereocenters. The minimum absolute atomic E-state index is 0.175. The molecule has 10 heteroatoms. The van der Waals surface area contributed by atoms with E-state index in [9.17, 15) is 16.8 Å². The number of aryl methyl sites for hydroxylation is 1. The van der Waals surface area contributed by atoms with Gasteiger partial charge in [-0.25, -0.2) is 21.6 Å². The summed E-state index contributed by atoms with van der Waals surface area (Å²) < 4.78 is 54.9. The highest BCUT2D eigenvalue weighted by atomic mass is 32.2. The summed E-state index contributed by atoms with van der Waals surface area (Å²) in [4.78, 5) is 0.175. The van der Waals surface area contributed by atoms with E-state index < -0.39 is 20.0 Å². The fourth-order valence-corrected chi connectivity index (χ4v) is 6.42. The zero-order valence-electron chi connectivity index (χ0n) is 13.8. The van der Waals surface area contributed by atoms with Crippen LogP contribution in [0.25, 0.3) is 0 Å². The van der Waals surface area contributed by atoms with Gasteiger partial charge >= 0.3 is 0 Å². The molecule has 24 heavy (non-hydrogen) atoms. The number of nitrogens with one attached hydrogen (secondary N) is 1. The fraction of sp³-hybridized carbons (Fsp3) is 0.786. The van der Waals surface area contributed by atoms with Crippen molar-refractivity contribution >= 4 is 20.0 Å². The molecule has 1 aromatic rings. The fourth-order valence-electron chi connectivity index (χ4n) is 3.17. The summed E-state index contributed by atoms with van der Waals surface area (Å²) in [6, 6.07) is -0.185. The van der Waals surface area contributed by atoms with Crippen molar-refractivity contribution in [3.63, 3.8) is 0 Å². The molecule has 1 aliphatic carbocycles. The van der Waals surface area contributed by atoms with Crippen LogP contribution in [-0.2, 0) is 27.1 Å². The van der Waals surface area contributed by atoms with Gasteiger partial charge in [0.05, 0.1) is 11.9 Å². The molecule has 3 rings (SSSR count). The number of aromatic nitrogens is 2. The standard InChI is InChI=1S/C14H24N4O4S2/c1-17-10-14(9-15-17)24(21,22)18-7-5-13(6-8-18)16-23(19,20)11-12-3-2-4-12/h9-10,12-13,16H,2-8,11H2,1H3. The van der Waals surface area contributed by atoms with Crippen molar-refractivity contribution in [3.05, 3.63) is 12.4 Å². The Balaban J connectivity index is 1.55. The molecule has 2 aliphatic rings. The minimum atomic E-state index is -3.55. The summed E-state index contributed by atoms with van der Waals surface area (Å²) in [6.07, 6.45) is 6.88. The van der Waals surface area contributed by atoms with E-state index in [-0.39, 0.29) is 22.6 Å². The van der Waals surface area contributed by atoms with Gasteiger partial charge in [0.1, 0.15) is 4.90 Å². The Hall–Kier alpha value is -0.970. The Bertz CT molecular complexity index is 775. The van der Waals surface area contributed by atoms with E-state index in [0.717, 1.165) is 19.3 Å². The Kier molecular flexibility index (Phi) is 5.01. The van der Waals surface area contributed by atoms with E-state index in [2.05, 4.69) is 9.82 Å². The molecular weight excluding hydrogens is 352 g/mol. The molecule has 0 radical (unpaired) electrons. The van der Waals surface area contributed by atoms with Crippen molar-refractivity contribution in [2.24, 2.45) is 13.0 Å². The third kappa shape index (κ3) is 3.98. The second-order valence-corrected chi connectivity index (χ2v) is 10.5. The highest BCUT2D eigenvalue weighted by Crippen LogP contribution is 2.28. The SMILES string of the molecule is Cn1cc(S(=O)(=O)N2CCC(NS(=O)(=O)CC3CCC3)CC2)cn1. The molecule has 0 spiro atoms. The van der Waals surface area contributed by atoms with Crippen molar-refractivity contribution in [3.8, 4) is 0 Å². The van der Waals surface area contributed by atoms with Crippen LogP contribution in [0.4, 0.5) is 0 Å². The molecule has 136 valence electrons. The van der Waals surface area contributed by atoms with E-state index in [1.54, 1.807) is 7.05 Å². The molecule has 0 aromatic carbocycles. The molecule has 1 N–H and O–H groups in total. The smallest absolute Gasteiger partial charge is 0.246 e. The van der Waals surface area contributed by atoms with Crippen LogP contribution < -0.4 is 4.72 Å². The number of hydrogen-bond donors (Lipinski definition) is 1. The molecule has 2 heterocycles. The second kappa shape index (κ2) is 6.74. The van der Waals surface area contributed by atoms with Crippen molar-refractivity contribution < 1.29 is 16.8 Å². The lowest BCUT2D eigenvalue weighted by atomic mass is 9.87. The van der Waals surface area contributed by atoms with E-state index in [0.29, 0.717) is 25.9 Å². The Labute approximate surface area is 143 Å². The average molecular weight is 377 g/mol. The van der Waals surface area contributed by atoms with Crippen LogP contribution in [-0.4, -0.2) is 55.8 Å². The van der Waals surface area contributed by atoms with Gasteiger partial charge in [-0.1, -0.05) is 6.42 Å². The molecule has 0 atom stereocenters. The summed E-state index contributed by atoms with van der Waals surface area (Å²) in [5.74, 6) is 0.481. The second-order valence-electron chi connectivity index (χ2n) is 6.72. The number of nitrogens with zero attached hydrogens (tertiary/aromatic N) is 3. The summed E-state index contributed by atoms with van der Waals surface area (Å²) >= 11 is 0. The normalized spacial score (nSPS) is 21.7. The molecule has 0 bridgehead atoms. The van der Waals surface area contributed by atoms with Crippen molar-refractivity contribution in [2.75, 3.05) is 18.8 Å². The number of piperidine rings is 1. The van der Waals surface area contributed by atoms with Crippen LogP contribution in [0.15, 0.2) is 17.3 Å². The third-order valence-electron chi connectivity index (χ3n) is 4.80. The first-order valence-corrected chi connectivity index (χ1v) is 11.3. The summed E-state index contributed by atoms with van der Waals surface area (Å²) in [6.45, 7) is 0.627. The van der Waals surface area contributed by atoms with Gasteiger partial charge in [-0.2, -0.15) is 9.40 Å². The van der Waals surface area contributed by atoms with E-state index >= 15 is 0 Å². The van der Waals surface area contributed by atoms with Crippen LogP contribution >= 0.6 is 0 Å². The zero-order valence-corrected chi connectivity index (χ0v) is 15.4. The van der Waals surface area contributed by atoms with Gasteiger partial charge in [0.15, 0.2) is 0 Å². The van der Waals surface area contributed by atoms with Gasteiger partial charge in [0.2, 0.25) is 20.0 Å². The third-order valence-corrected chi connectivity index (χ3v) is 8.25. The van der Waals surface area contributed by atoms with E-state index in [1.165, 1.54) is 21.4 Å². The number of sulfonamides is 2. The molecular formula is C14H24N4O4S2. The van der Waals surface area contributed by atoms with Gasteiger partial charge in [-0.3, -0.25) is 4.68 Å². The average Bonchev–Trinajstić information content (AvgIpc) is 2.91. The first kappa shape index (κ1) is 17.8. The van der Waals surface area contributed by atoms with Crippen molar-refractivity contribution in [2.45, 2.75) is 43.0 Å². The highest BCUT2D eigenvalue weighted by Gasteiger charge is 2.32. The van der Waals surface area contributed by atoms with Crippen molar-refractivity contribution in [1.29, 1.82) is 0 Å². The number of hydrogen-bond acceptors (Lipinski definition) is 5. The largest absolute Gasteiger partial charge is 0.274 e. The molecule has 1 aliphatic heterocycles. The Morgan fingerprint density at radius 3 is 2.33 bits per heavy atom. The Morgan fingerprint density at radius 2 is 1.83 bits per heavy atom. The van der Waals surface area contributed by atoms with Crippen LogP contribution in [0.3, 0.4) is 0 Å². The lowest BCUT2D eigenvalue weighted by Gasteiger charge is -2.32. The van der Waals surface area contributed by atoms with Crippen molar-refractivity contribution in [1.82, 2.24) is 18.8 Å². The summed E-state index contributed by atoms with van der Waals surface area (Å²) in [5.41, 5.74) is 0. The Morgan fingerprint density at radius 1 is 1.17 bits per heavy atom. The van der Waals surface area contributed by atoms with Crippen LogP contribution in [0, 0.1) is 5.92 Å². The van der Waals surface area contributed by atoms with Crippen LogP contribution in [0.5, 0.6) is 0 Å². The van der Waals surface area contributed by atoms with Crippen LogP contribution in [0.2, 0.25) is 0 Å². The maximum atomic E-state index is 12.5. The topological polar surface area (TPSA) is 101 Å². The lowest BCUT2D eigenvalue weighted by molar-refractivity contribution is 0.306. The van der Waals surface area contributed by atoms with E-state index in [4.69, 9.17) is 0 Å². The van der Waals surface area contributed by atoms with E-state index in [1.807, 2.05) is 0 Å². The molecule has 1 saturated heterocycles. The molecule has 1 saturated carbocycles. The zero-order chi connectivity index (χ0) is 17.4. The summed E-state index contributed by atoms with van der Waals surface area (Å²) in [5, 5.41) is 3.90. The molecule has 8 nitrogen and oxygen atoms in total. The minimum Gasteiger partial charge on any atom is -0.274 e. The van der Waals surface area contributed by atoms with Gasteiger partial charge in [0, 0.05) is 32.4 Å². The van der Waals surface area contributed by atoms with Crippen LogP contribution in [0.1, 0.15) is 32.1 Å². The predicted molar refractivity (Wildman–Crippen MR) is 89.3 cm³/mol. The quantitative estimate of drug-likeness (QED) is 0.769. The molecule has 2 fully saturated rings. The first-order valence-electron chi connectivity index (χ1n) is 8.25. The summed E-state index contributed by atoms with van der Waals surface area (Å²) in [7, 11) is -5.15. The van der Waals surface area contributed by atoms with Gasteiger partial charge < -0.3 is 0 Å². The highest BCUT2D eigenvalue weighted by molar-refractivity contribution is 7.89. The predicted octanol–water partition coefficient (Wildman–Crippen LogP) is 0.293. The maximum Gasteiger partial charge on any atom is 0.246 e. The first-order chi connectivity index (χ1) is 11.3. The van der Waals surface area contributed by atoms with Gasteiger partial charge in [-0.15, -0.1) is 0 Å². The molecule has 0 amide bonds.